The Morgan fingerprint density at radius 3 is 2.73 bits per heavy atom. The number of amides is 2. The fourth-order valence-corrected chi connectivity index (χ4v) is 4.83. The molecule has 3 aliphatic rings. The molecule has 0 unspecified atom stereocenters. The van der Waals surface area contributed by atoms with E-state index in [1.54, 1.807) is 11.1 Å². The zero-order chi connectivity index (χ0) is 18.1. The molecule has 4 rings (SSSR count). The topological polar surface area (TPSA) is 85.8 Å². The second-order valence-electron chi connectivity index (χ2n) is 8.00. The van der Waals surface area contributed by atoms with Gasteiger partial charge in [0.1, 0.15) is 5.41 Å². The molecule has 1 aromatic heterocycles. The third-order valence-electron chi connectivity index (χ3n) is 6.20. The lowest BCUT2D eigenvalue weighted by Crippen LogP contribution is -2.46. The fraction of sp³-hybridized carbons (Fsp3) is 0.632. The Bertz CT molecular complexity index is 677. The van der Waals surface area contributed by atoms with Gasteiger partial charge in [0.25, 0.3) is 0 Å². The summed E-state index contributed by atoms with van der Waals surface area (Å²) < 4.78 is 0. The van der Waals surface area contributed by atoms with Crippen molar-refractivity contribution >= 4 is 12.0 Å². The van der Waals surface area contributed by atoms with Gasteiger partial charge in [-0.05, 0) is 24.5 Å². The number of nitrogens with one attached hydrogen (secondary N) is 1. The quantitative estimate of drug-likeness (QED) is 0.853. The van der Waals surface area contributed by atoms with Gasteiger partial charge in [0.2, 0.25) is 0 Å². The van der Waals surface area contributed by atoms with Crippen molar-refractivity contribution in [2.75, 3.05) is 26.2 Å². The number of fused-ring (bicyclic) bond motifs is 1. The van der Waals surface area contributed by atoms with Crippen molar-refractivity contribution in [2.24, 2.45) is 11.3 Å². The maximum absolute atomic E-state index is 12.6. The van der Waals surface area contributed by atoms with Crippen molar-refractivity contribution in [1.82, 2.24) is 20.1 Å². The molecule has 2 atom stereocenters. The molecule has 7 nitrogen and oxygen atoms in total. The summed E-state index contributed by atoms with van der Waals surface area (Å²) in [5.74, 6) is -0.807. The number of carbonyl (C=O) groups excluding carboxylic acids is 1. The first-order chi connectivity index (χ1) is 12.6. The minimum atomic E-state index is -0.852. The molecule has 0 spiro atoms. The summed E-state index contributed by atoms with van der Waals surface area (Å²) >= 11 is 0. The monoisotopic (exact) mass is 358 g/mol. The highest BCUT2D eigenvalue weighted by Crippen LogP contribution is 2.43. The summed E-state index contributed by atoms with van der Waals surface area (Å²) in [4.78, 5) is 32.7. The van der Waals surface area contributed by atoms with Crippen LogP contribution in [0.5, 0.6) is 0 Å². The Labute approximate surface area is 153 Å². The molecule has 2 amide bonds. The van der Waals surface area contributed by atoms with Crippen molar-refractivity contribution in [3.63, 3.8) is 0 Å². The Hall–Kier alpha value is -2.15. The van der Waals surface area contributed by atoms with Crippen LogP contribution in [0.15, 0.2) is 24.5 Å². The van der Waals surface area contributed by atoms with Crippen LogP contribution in [0.25, 0.3) is 0 Å². The number of carboxylic acid groups (broad SMARTS) is 1. The fourth-order valence-electron chi connectivity index (χ4n) is 4.83. The molecular weight excluding hydrogens is 332 g/mol. The number of nitrogens with zero attached hydrogens (tertiary/aromatic N) is 3. The zero-order valence-electron chi connectivity index (χ0n) is 14.9. The predicted molar refractivity (Wildman–Crippen MR) is 95.4 cm³/mol. The first kappa shape index (κ1) is 17.3. The Kier molecular flexibility index (Phi) is 4.56. The molecule has 2 saturated heterocycles. The van der Waals surface area contributed by atoms with Crippen LogP contribution >= 0.6 is 0 Å². The van der Waals surface area contributed by atoms with Crippen LogP contribution in [0.2, 0.25) is 0 Å². The predicted octanol–water partition coefficient (Wildman–Crippen LogP) is 1.55. The summed E-state index contributed by atoms with van der Waals surface area (Å²) in [6.07, 6.45) is 7.95. The summed E-state index contributed by atoms with van der Waals surface area (Å²) in [7, 11) is 0. The molecule has 1 aliphatic carbocycles. The molecule has 26 heavy (non-hydrogen) atoms. The van der Waals surface area contributed by atoms with Gasteiger partial charge in [-0.1, -0.05) is 18.9 Å². The second-order valence-corrected chi connectivity index (χ2v) is 8.00. The van der Waals surface area contributed by atoms with Crippen molar-refractivity contribution in [3.05, 3.63) is 30.1 Å². The van der Waals surface area contributed by atoms with Crippen LogP contribution < -0.4 is 5.32 Å². The second kappa shape index (κ2) is 6.87. The number of rotatable bonds is 4. The van der Waals surface area contributed by atoms with E-state index in [4.69, 9.17) is 0 Å². The third-order valence-corrected chi connectivity index (χ3v) is 6.20. The van der Waals surface area contributed by atoms with Gasteiger partial charge in [0.15, 0.2) is 0 Å². The maximum Gasteiger partial charge on any atom is 0.317 e. The van der Waals surface area contributed by atoms with E-state index < -0.39 is 11.4 Å². The molecule has 0 bridgehead atoms. The van der Waals surface area contributed by atoms with Gasteiger partial charge in [-0.2, -0.15) is 0 Å². The smallest absolute Gasteiger partial charge is 0.317 e. The molecule has 7 heteroatoms. The van der Waals surface area contributed by atoms with E-state index in [0.29, 0.717) is 32.7 Å². The minimum absolute atomic E-state index is 0.0222. The van der Waals surface area contributed by atoms with Crippen molar-refractivity contribution in [3.8, 4) is 0 Å². The van der Waals surface area contributed by atoms with E-state index in [1.165, 1.54) is 0 Å². The lowest BCUT2D eigenvalue weighted by atomic mass is 9.81. The molecule has 1 aromatic rings. The standard InChI is InChI=1S/C19H26N4O3/c24-17(25)19-12-22(9-14-4-3-7-20-8-14)10-15(19)11-23(13-19)18(26)21-16-5-1-2-6-16/h3-4,7-8,15-16H,1-2,5-6,9-13H2,(H,21,26)(H,24,25)/t15-,19-/m1/s1. The highest BCUT2D eigenvalue weighted by atomic mass is 16.4. The largest absolute Gasteiger partial charge is 0.481 e. The SMILES string of the molecule is O=C(NC1CCCC1)N1C[C@H]2CN(Cc3cccnc3)C[C@@]2(C(=O)O)C1. The van der Waals surface area contributed by atoms with Crippen LogP contribution in [0, 0.1) is 11.3 Å². The van der Waals surface area contributed by atoms with Crippen molar-refractivity contribution in [1.29, 1.82) is 0 Å². The van der Waals surface area contributed by atoms with Crippen LogP contribution in [0.3, 0.4) is 0 Å². The number of aromatic nitrogens is 1. The molecule has 0 radical (unpaired) electrons. The highest BCUT2D eigenvalue weighted by Gasteiger charge is 2.58. The van der Waals surface area contributed by atoms with Crippen molar-refractivity contribution in [2.45, 2.75) is 38.3 Å². The number of hydrogen-bond donors (Lipinski definition) is 2. The molecule has 3 heterocycles. The number of likely N-dealkylation sites (tertiary alicyclic amines) is 2. The van der Waals surface area contributed by atoms with Crippen LogP contribution in [0.4, 0.5) is 4.79 Å². The molecule has 2 N–H and O–H groups in total. The Morgan fingerprint density at radius 1 is 1.27 bits per heavy atom. The lowest BCUT2D eigenvalue weighted by molar-refractivity contribution is -0.148. The summed E-state index contributed by atoms with van der Waals surface area (Å²) in [6, 6.07) is 4.07. The summed E-state index contributed by atoms with van der Waals surface area (Å²) in [5, 5.41) is 13.0. The maximum atomic E-state index is 12.6. The molecule has 140 valence electrons. The normalized spacial score (nSPS) is 29.1. The number of carbonyl (C=O) groups is 2. The van der Waals surface area contributed by atoms with E-state index in [9.17, 15) is 14.7 Å². The van der Waals surface area contributed by atoms with Gasteiger partial charge in [0.05, 0.1) is 0 Å². The van der Waals surface area contributed by atoms with Crippen molar-refractivity contribution < 1.29 is 14.7 Å². The first-order valence-corrected chi connectivity index (χ1v) is 9.47. The number of hydrogen-bond acceptors (Lipinski definition) is 4. The number of aliphatic carboxylic acids is 1. The molecule has 0 aromatic carbocycles. The molecule has 3 fully saturated rings. The van der Waals surface area contributed by atoms with Gasteiger partial charge in [-0.15, -0.1) is 0 Å². The van der Waals surface area contributed by atoms with Crippen LogP contribution in [-0.4, -0.2) is 64.1 Å². The first-order valence-electron chi connectivity index (χ1n) is 9.47. The zero-order valence-corrected chi connectivity index (χ0v) is 14.9. The van der Waals surface area contributed by atoms with E-state index >= 15 is 0 Å². The van der Waals surface area contributed by atoms with E-state index in [2.05, 4.69) is 15.2 Å². The van der Waals surface area contributed by atoms with Crippen LogP contribution in [0.1, 0.15) is 31.2 Å². The lowest BCUT2D eigenvalue weighted by Gasteiger charge is -2.26. The highest BCUT2D eigenvalue weighted by molar-refractivity contribution is 5.81. The third kappa shape index (κ3) is 3.16. The van der Waals surface area contributed by atoms with E-state index in [-0.39, 0.29) is 18.0 Å². The molecular formula is C19H26N4O3. The molecule has 1 saturated carbocycles. The van der Waals surface area contributed by atoms with Gasteiger partial charge in [0, 0.05) is 57.1 Å². The summed E-state index contributed by atoms with van der Waals surface area (Å²) in [5.41, 5.74) is 0.235. The average Bonchev–Trinajstić information content (AvgIpc) is 3.30. The minimum Gasteiger partial charge on any atom is -0.481 e. The Morgan fingerprint density at radius 2 is 2.08 bits per heavy atom. The van der Waals surface area contributed by atoms with E-state index in [1.807, 2.05) is 18.3 Å². The molecule has 2 aliphatic heterocycles. The van der Waals surface area contributed by atoms with Crippen LogP contribution in [-0.2, 0) is 11.3 Å². The number of pyridine rings is 1. The van der Waals surface area contributed by atoms with Gasteiger partial charge >= 0.3 is 12.0 Å². The average molecular weight is 358 g/mol. The van der Waals surface area contributed by atoms with Gasteiger partial charge < -0.3 is 15.3 Å². The van der Waals surface area contributed by atoms with E-state index in [0.717, 1.165) is 31.2 Å². The van der Waals surface area contributed by atoms with Gasteiger partial charge in [-0.25, -0.2) is 4.79 Å². The summed E-state index contributed by atoms with van der Waals surface area (Å²) in [6.45, 7) is 2.71. The number of carboxylic acids is 1. The Balaban J connectivity index is 1.41. The number of urea groups is 1. The van der Waals surface area contributed by atoms with Gasteiger partial charge in [-0.3, -0.25) is 14.7 Å².